The molecule has 1 amide bonds. The number of thiophene rings is 1. The summed E-state index contributed by atoms with van der Waals surface area (Å²) in [5.74, 6) is -0.00980. The highest BCUT2D eigenvalue weighted by Crippen LogP contribution is 2.09. The van der Waals surface area contributed by atoms with Crippen molar-refractivity contribution in [2.75, 3.05) is 6.54 Å². The van der Waals surface area contributed by atoms with E-state index in [4.69, 9.17) is 0 Å². The van der Waals surface area contributed by atoms with E-state index in [2.05, 4.69) is 22.5 Å². The van der Waals surface area contributed by atoms with Crippen LogP contribution in [0.1, 0.15) is 15.9 Å². The van der Waals surface area contributed by atoms with Gasteiger partial charge in [0.1, 0.15) is 0 Å². The summed E-state index contributed by atoms with van der Waals surface area (Å²) >= 11 is 1.53. The Morgan fingerprint density at radius 2 is 2.10 bits per heavy atom. The van der Waals surface area contributed by atoms with E-state index in [9.17, 15) is 4.79 Å². The quantitative estimate of drug-likeness (QED) is 0.787. The molecule has 106 valence electrons. The molecule has 21 heavy (non-hydrogen) atoms. The van der Waals surface area contributed by atoms with Gasteiger partial charge in [0.15, 0.2) is 0 Å². The van der Waals surface area contributed by atoms with E-state index in [0.717, 1.165) is 17.7 Å². The zero-order valence-electron chi connectivity index (χ0n) is 11.4. The highest BCUT2D eigenvalue weighted by Gasteiger charge is 2.04. The normalized spacial score (nSPS) is 10.5. The number of carbonyl (C=O) groups excluding carboxylic acids is 1. The van der Waals surface area contributed by atoms with Gasteiger partial charge in [0.05, 0.1) is 5.69 Å². The minimum atomic E-state index is -0.00980. The van der Waals surface area contributed by atoms with E-state index in [0.29, 0.717) is 6.54 Å². The summed E-state index contributed by atoms with van der Waals surface area (Å²) in [7, 11) is 0. The second-order valence-corrected chi connectivity index (χ2v) is 5.42. The number of hydrogen-bond acceptors (Lipinski definition) is 3. The fourth-order valence-corrected chi connectivity index (χ4v) is 2.69. The van der Waals surface area contributed by atoms with Crippen LogP contribution in [-0.4, -0.2) is 22.2 Å². The third-order valence-electron chi connectivity index (χ3n) is 3.19. The van der Waals surface area contributed by atoms with Gasteiger partial charge in [0.25, 0.3) is 5.91 Å². The molecule has 4 nitrogen and oxygen atoms in total. The number of hydrogen-bond donors (Lipinski definition) is 1. The lowest BCUT2D eigenvalue weighted by atomic mass is 10.1. The minimum Gasteiger partial charge on any atom is -0.352 e. The maximum atomic E-state index is 11.8. The van der Waals surface area contributed by atoms with Crippen LogP contribution >= 0.6 is 11.3 Å². The molecule has 0 fully saturated rings. The monoisotopic (exact) mass is 297 g/mol. The molecule has 0 aliphatic rings. The first-order valence-corrected chi connectivity index (χ1v) is 7.66. The van der Waals surface area contributed by atoms with Crippen LogP contribution < -0.4 is 5.32 Å². The van der Waals surface area contributed by atoms with Gasteiger partial charge in [-0.05, 0) is 41.6 Å². The lowest BCUT2D eigenvalue weighted by Gasteiger charge is -2.06. The van der Waals surface area contributed by atoms with E-state index in [1.54, 1.807) is 6.20 Å². The van der Waals surface area contributed by atoms with Crippen LogP contribution in [0.2, 0.25) is 0 Å². The molecule has 0 saturated heterocycles. The van der Waals surface area contributed by atoms with Crippen LogP contribution in [0.15, 0.2) is 59.6 Å². The number of carbonyl (C=O) groups is 1. The molecule has 0 aliphatic heterocycles. The predicted molar refractivity (Wildman–Crippen MR) is 83.9 cm³/mol. The number of nitrogens with one attached hydrogen (secondary N) is 1. The molecule has 3 aromatic rings. The summed E-state index contributed by atoms with van der Waals surface area (Å²) < 4.78 is 1.82. The van der Waals surface area contributed by atoms with Gasteiger partial charge in [-0.3, -0.25) is 4.79 Å². The van der Waals surface area contributed by atoms with Crippen molar-refractivity contribution in [3.05, 3.63) is 70.7 Å². The standard InChI is InChI=1S/C16H15N3OS/c20-16(14-7-11-21-12-14)17-9-6-13-2-4-15(5-3-13)19-10-1-8-18-19/h1-5,7-8,10-12H,6,9H2,(H,17,20). The Morgan fingerprint density at radius 1 is 1.24 bits per heavy atom. The average Bonchev–Trinajstić information content (AvgIpc) is 3.21. The molecular weight excluding hydrogens is 282 g/mol. The van der Waals surface area contributed by atoms with Crippen molar-refractivity contribution in [2.24, 2.45) is 0 Å². The summed E-state index contributed by atoms with van der Waals surface area (Å²) in [5.41, 5.74) is 2.96. The molecule has 0 bridgehead atoms. The number of rotatable bonds is 5. The highest BCUT2D eigenvalue weighted by molar-refractivity contribution is 7.08. The van der Waals surface area contributed by atoms with Gasteiger partial charge in [0.2, 0.25) is 0 Å². The van der Waals surface area contributed by atoms with Crippen molar-refractivity contribution in [1.29, 1.82) is 0 Å². The third kappa shape index (κ3) is 3.38. The Labute approximate surface area is 127 Å². The second-order valence-electron chi connectivity index (χ2n) is 4.64. The number of nitrogens with zero attached hydrogens (tertiary/aromatic N) is 2. The number of amides is 1. The Bertz CT molecular complexity index is 688. The molecule has 0 radical (unpaired) electrons. The minimum absolute atomic E-state index is 0.00980. The molecule has 1 aromatic carbocycles. The molecule has 1 N–H and O–H groups in total. The summed E-state index contributed by atoms with van der Waals surface area (Å²) in [5, 5.41) is 10.9. The number of benzene rings is 1. The van der Waals surface area contributed by atoms with Crippen LogP contribution in [-0.2, 0) is 6.42 Å². The smallest absolute Gasteiger partial charge is 0.252 e. The van der Waals surface area contributed by atoms with E-state index in [-0.39, 0.29) is 5.91 Å². The van der Waals surface area contributed by atoms with Gasteiger partial charge < -0.3 is 5.32 Å². The van der Waals surface area contributed by atoms with Crippen LogP contribution in [0.5, 0.6) is 0 Å². The molecule has 0 aliphatic carbocycles. The Hall–Kier alpha value is -2.40. The van der Waals surface area contributed by atoms with Crippen molar-refractivity contribution < 1.29 is 4.79 Å². The lowest BCUT2D eigenvalue weighted by molar-refractivity contribution is 0.0954. The largest absolute Gasteiger partial charge is 0.352 e. The van der Waals surface area contributed by atoms with Gasteiger partial charge in [-0.2, -0.15) is 16.4 Å². The first kappa shape index (κ1) is 13.6. The average molecular weight is 297 g/mol. The molecule has 5 heteroatoms. The van der Waals surface area contributed by atoms with Crippen LogP contribution in [0, 0.1) is 0 Å². The molecular formula is C16H15N3OS. The highest BCUT2D eigenvalue weighted by atomic mass is 32.1. The van der Waals surface area contributed by atoms with Crippen LogP contribution in [0.3, 0.4) is 0 Å². The van der Waals surface area contributed by atoms with Gasteiger partial charge in [-0.25, -0.2) is 4.68 Å². The maximum Gasteiger partial charge on any atom is 0.252 e. The van der Waals surface area contributed by atoms with Crippen LogP contribution in [0.4, 0.5) is 0 Å². The summed E-state index contributed by atoms with van der Waals surface area (Å²) in [6, 6.07) is 11.9. The second kappa shape index (κ2) is 6.37. The van der Waals surface area contributed by atoms with E-state index in [1.807, 2.05) is 45.9 Å². The van der Waals surface area contributed by atoms with Gasteiger partial charge in [-0.1, -0.05) is 12.1 Å². The lowest BCUT2D eigenvalue weighted by Crippen LogP contribution is -2.25. The Morgan fingerprint density at radius 3 is 2.76 bits per heavy atom. The van der Waals surface area contributed by atoms with Gasteiger partial charge >= 0.3 is 0 Å². The molecule has 0 spiro atoms. The summed E-state index contributed by atoms with van der Waals surface area (Å²) in [6.07, 6.45) is 4.49. The van der Waals surface area contributed by atoms with Crippen molar-refractivity contribution in [1.82, 2.24) is 15.1 Å². The van der Waals surface area contributed by atoms with Crippen molar-refractivity contribution in [2.45, 2.75) is 6.42 Å². The SMILES string of the molecule is O=C(NCCc1ccc(-n2cccn2)cc1)c1ccsc1. The van der Waals surface area contributed by atoms with E-state index < -0.39 is 0 Å². The van der Waals surface area contributed by atoms with Crippen LogP contribution in [0.25, 0.3) is 5.69 Å². The molecule has 2 heterocycles. The third-order valence-corrected chi connectivity index (χ3v) is 3.87. The van der Waals surface area contributed by atoms with Crippen molar-refractivity contribution in [3.8, 4) is 5.69 Å². The topological polar surface area (TPSA) is 46.9 Å². The molecule has 0 unspecified atom stereocenters. The van der Waals surface area contributed by atoms with Crippen molar-refractivity contribution in [3.63, 3.8) is 0 Å². The Balaban J connectivity index is 1.53. The predicted octanol–water partition coefficient (Wildman–Crippen LogP) is 2.91. The zero-order valence-corrected chi connectivity index (χ0v) is 12.2. The summed E-state index contributed by atoms with van der Waals surface area (Å²) in [4.78, 5) is 11.8. The first-order chi connectivity index (χ1) is 10.3. The molecule has 3 rings (SSSR count). The van der Waals surface area contributed by atoms with Gasteiger partial charge in [0, 0.05) is 29.9 Å². The molecule has 2 aromatic heterocycles. The van der Waals surface area contributed by atoms with E-state index >= 15 is 0 Å². The van der Waals surface area contributed by atoms with Crippen molar-refractivity contribution >= 4 is 17.2 Å². The molecule has 0 atom stereocenters. The Kier molecular flexibility index (Phi) is 4.12. The van der Waals surface area contributed by atoms with Gasteiger partial charge in [-0.15, -0.1) is 0 Å². The summed E-state index contributed by atoms with van der Waals surface area (Å²) in [6.45, 7) is 0.635. The molecule has 0 saturated carbocycles. The zero-order chi connectivity index (χ0) is 14.5. The van der Waals surface area contributed by atoms with E-state index in [1.165, 1.54) is 16.9 Å². The first-order valence-electron chi connectivity index (χ1n) is 6.72. The fourth-order valence-electron chi connectivity index (χ4n) is 2.05. The fraction of sp³-hybridized carbons (Fsp3) is 0.125. The maximum absolute atomic E-state index is 11.8. The number of aromatic nitrogens is 2.